The molecule has 29 heavy (non-hydrogen) atoms. The number of fused-ring (bicyclic) bond motifs is 1. The predicted molar refractivity (Wildman–Crippen MR) is 123 cm³/mol. The van der Waals surface area contributed by atoms with Crippen LogP contribution in [0.2, 0.25) is 0 Å². The number of hydrogen-bond acceptors (Lipinski definition) is 3. The molecule has 1 aliphatic heterocycles. The van der Waals surface area contributed by atoms with Crippen LogP contribution >= 0.6 is 15.9 Å². The first kappa shape index (κ1) is 18.3. The lowest BCUT2D eigenvalue weighted by atomic mass is 9.89. The molecule has 4 aromatic rings. The Morgan fingerprint density at radius 3 is 2.21 bits per heavy atom. The first-order valence-corrected chi connectivity index (χ1v) is 10.9. The van der Waals surface area contributed by atoms with Gasteiger partial charge >= 0.3 is 0 Å². The Hall–Kier alpha value is -2.72. The normalized spacial score (nSPS) is 15.0. The molecule has 4 heteroatoms. The van der Waals surface area contributed by atoms with E-state index in [-0.39, 0.29) is 0 Å². The minimum atomic E-state index is 0.626. The summed E-state index contributed by atoms with van der Waals surface area (Å²) in [4.78, 5) is 12.3. The number of anilines is 1. The number of rotatable bonds is 3. The smallest absolute Gasteiger partial charge is 0.162 e. The summed E-state index contributed by atoms with van der Waals surface area (Å²) in [6, 6.07) is 27.4. The minimum Gasteiger partial charge on any atom is -0.356 e. The van der Waals surface area contributed by atoms with E-state index in [1.54, 1.807) is 0 Å². The van der Waals surface area contributed by atoms with Gasteiger partial charge in [-0.1, -0.05) is 76.6 Å². The molecule has 0 N–H and O–H groups in total. The number of halogens is 1. The van der Waals surface area contributed by atoms with Gasteiger partial charge in [-0.2, -0.15) is 0 Å². The summed E-state index contributed by atoms with van der Waals surface area (Å²) < 4.78 is 1.06. The Bertz CT molecular complexity index is 1120. The molecule has 0 atom stereocenters. The summed E-state index contributed by atoms with van der Waals surface area (Å²) in [6.45, 7) is 2.01. The Labute approximate surface area is 179 Å². The topological polar surface area (TPSA) is 29.0 Å². The highest BCUT2D eigenvalue weighted by atomic mass is 79.9. The average molecular weight is 444 g/mol. The second-order valence-corrected chi connectivity index (χ2v) is 8.49. The lowest BCUT2D eigenvalue weighted by Crippen LogP contribution is -2.33. The van der Waals surface area contributed by atoms with Crippen molar-refractivity contribution in [2.24, 2.45) is 0 Å². The van der Waals surface area contributed by atoms with Crippen LogP contribution in [-0.2, 0) is 0 Å². The van der Waals surface area contributed by atoms with Gasteiger partial charge in [0.25, 0.3) is 0 Å². The molecule has 144 valence electrons. The van der Waals surface area contributed by atoms with E-state index in [0.29, 0.717) is 5.92 Å². The summed E-state index contributed by atoms with van der Waals surface area (Å²) >= 11 is 3.62. The third-order valence-electron chi connectivity index (χ3n) is 5.74. The van der Waals surface area contributed by atoms with E-state index < -0.39 is 0 Å². The fourth-order valence-electron chi connectivity index (χ4n) is 4.19. The molecular formula is C25H22BrN3. The Balaban J connectivity index is 1.51. The van der Waals surface area contributed by atoms with Crippen molar-refractivity contribution in [2.45, 2.75) is 18.8 Å². The largest absolute Gasteiger partial charge is 0.356 e. The van der Waals surface area contributed by atoms with Gasteiger partial charge in [-0.3, -0.25) is 0 Å². The zero-order valence-corrected chi connectivity index (χ0v) is 17.7. The van der Waals surface area contributed by atoms with Crippen molar-refractivity contribution in [2.75, 3.05) is 18.0 Å². The third kappa shape index (κ3) is 3.77. The molecule has 5 rings (SSSR count). The van der Waals surface area contributed by atoms with Crippen molar-refractivity contribution < 1.29 is 0 Å². The first-order valence-electron chi connectivity index (χ1n) is 10.1. The Morgan fingerprint density at radius 2 is 1.48 bits per heavy atom. The highest BCUT2D eigenvalue weighted by Crippen LogP contribution is 2.34. The highest BCUT2D eigenvalue weighted by molar-refractivity contribution is 9.10. The number of hydrogen-bond donors (Lipinski definition) is 0. The molecule has 1 aromatic heterocycles. The molecule has 0 aliphatic carbocycles. The molecule has 0 radical (unpaired) electrons. The van der Waals surface area contributed by atoms with Crippen LogP contribution < -0.4 is 4.90 Å². The van der Waals surface area contributed by atoms with Gasteiger partial charge in [0.15, 0.2) is 5.82 Å². The van der Waals surface area contributed by atoms with Gasteiger partial charge in [0.05, 0.1) is 5.52 Å². The van der Waals surface area contributed by atoms with Crippen LogP contribution in [0.15, 0.2) is 83.3 Å². The maximum atomic E-state index is 5.03. The van der Waals surface area contributed by atoms with Crippen molar-refractivity contribution in [3.8, 4) is 11.4 Å². The third-order valence-corrected chi connectivity index (χ3v) is 6.23. The van der Waals surface area contributed by atoms with Crippen LogP contribution in [0.25, 0.3) is 22.3 Å². The van der Waals surface area contributed by atoms with Crippen LogP contribution in [0.3, 0.4) is 0 Å². The number of piperidine rings is 1. The van der Waals surface area contributed by atoms with Gasteiger partial charge in [0.2, 0.25) is 0 Å². The molecule has 3 aromatic carbocycles. The van der Waals surface area contributed by atoms with Crippen molar-refractivity contribution in [1.82, 2.24) is 9.97 Å². The van der Waals surface area contributed by atoms with Gasteiger partial charge < -0.3 is 4.90 Å². The van der Waals surface area contributed by atoms with Gasteiger partial charge in [-0.25, -0.2) is 9.97 Å². The lowest BCUT2D eigenvalue weighted by molar-refractivity contribution is 0.503. The van der Waals surface area contributed by atoms with Gasteiger partial charge in [0, 0.05) is 28.5 Å². The molecule has 2 heterocycles. The molecule has 0 bridgehead atoms. The van der Waals surface area contributed by atoms with Crippen molar-refractivity contribution in [3.05, 3.63) is 88.9 Å². The van der Waals surface area contributed by atoms with Crippen molar-refractivity contribution in [3.63, 3.8) is 0 Å². The summed E-state index contributed by atoms with van der Waals surface area (Å²) in [6.07, 6.45) is 2.29. The van der Waals surface area contributed by atoms with E-state index in [1.165, 1.54) is 5.56 Å². The molecule has 0 spiro atoms. The molecule has 3 nitrogen and oxygen atoms in total. The van der Waals surface area contributed by atoms with E-state index in [0.717, 1.165) is 58.5 Å². The summed E-state index contributed by atoms with van der Waals surface area (Å²) in [5, 5.41) is 1.11. The molecule has 1 saturated heterocycles. The van der Waals surface area contributed by atoms with Crippen molar-refractivity contribution in [1.29, 1.82) is 0 Å². The summed E-state index contributed by atoms with van der Waals surface area (Å²) in [5.41, 5.74) is 3.49. The zero-order valence-electron chi connectivity index (χ0n) is 16.1. The molecule has 0 amide bonds. The van der Waals surface area contributed by atoms with Crippen LogP contribution in [0.4, 0.5) is 5.82 Å². The summed E-state index contributed by atoms with van der Waals surface area (Å²) in [5.74, 6) is 2.46. The maximum Gasteiger partial charge on any atom is 0.162 e. The van der Waals surface area contributed by atoms with Gasteiger partial charge in [-0.05, 0) is 42.5 Å². The van der Waals surface area contributed by atoms with E-state index in [9.17, 15) is 0 Å². The Kier molecular flexibility index (Phi) is 5.03. The van der Waals surface area contributed by atoms with Gasteiger partial charge in [0.1, 0.15) is 5.82 Å². The molecule has 0 unspecified atom stereocenters. The fraction of sp³-hybridized carbons (Fsp3) is 0.200. The zero-order chi connectivity index (χ0) is 19.6. The standard InChI is InChI=1S/C25H22BrN3/c26-21-11-12-23-22(17-21)25(28-24(27-23)20-9-5-2-6-10-20)29-15-13-19(14-16-29)18-7-3-1-4-8-18/h1-12,17,19H,13-16H2. The van der Waals surface area contributed by atoms with Gasteiger partial charge in [-0.15, -0.1) is 0 Å². The number of nitrogens with zero attached hydrogens (tertiary/aromatic N) is 3. The van der Waals surface area contributed by atoms with Crippen LogP contribution in [-0.4, -0.2) is 23.1 Å². The quantitative estimate of drug-likeness (QED) is 0.364. The Morgan fingerprint density at radius 1 is 0.793 bits per heavy atom. The SMILES string of the molecule is Brc1ccc2nc(-c3ccccc3)nc(N3CCC(c4ccccc4)CC3)c2c1. The van der Waals surface area contributed by atoms with Crippen LogP contribution in [0, 0.1) is 0 Å². The van der Waals surface area contributed by atoms with E-state index in [4.69, 9.17) is 9.97 Å². The highest BCUT2D eigenvalue weighted by Gasteiger charge is 2.23. The van der Waals surface area contributed by atoms with E-state index in [1.807, 2.05) is 18.2 Å². The average Bonchev–Trinajstić information content (AvgIpc) is 2.80. The molecular weight excluding hydrogens is 422 g/mol. The fourth-order valence-corrected chi connectivity index (χ4v) is 4.55. The van der Waals surface area contributed by atoms with Crippen LogP contribution in [0.5, 0.6) is 0 Å². The van der Waals surface area contributed by atoms with E-state index >= 15 is 0 Å². The van der Waals surface area contributed by atoms with Crippen LogP contribution in [0.1, 0.15) is 24.3 Å². The molecule has 0 saturated carbocycles. The second-order valence-electron chi connectivity index (χ2n) is 7.57. The second kappa shape index (κ2) is 7.96. The number of aromatic nitrogens is 2. The monoisotopic (exact) mass is 443 g/mol. The van der Waals surface area contributed by atoms with E-state index in [2.05, 4.69) is 81.5 Å². The number of benzene rings is 3. The predicted octanol–water partition coefficient (Wildman–Crippen LogP) is 6.44. The first-order chi connectivity index (χ1) is 14.3. The molecule has 1 fully saturated rings. The maximum absolute atomic E-state index is 5.03. The summed E-state index contributed by atoms with van der Waals surface area (Å²) in [7, 11) is 0. The van der Waals surface area contributed by atoms with Crippen molar-refractivity contribution >= 4 is 32.7 Å². The molecule has 1 aliphatic rings. The minimum absolute atomic E-state index is 0.626. The lowest BCUT2D eigenvalue weighted by Gasteiger charge is -2.33.